The van der Waals surface area contributed by atoms with Gasteiger partial charge in [-0.15, -0.1) is 0 Å². The molecule has 0 spiro atoms. The number of rotatable bonds is 9. The van der Waals surface area contributed by atoms with Gasteiger partial charge in [0.25, 0.3) is 0 Å². The lowest BCUT2D eigenvalue weighted by Gasteiger charge is -2.20. The number of benzene rings is 2. The lowest BCUT2D eigenvalue weighted by molar-refractivity contribution is -0.121. The number of sulfonamides is 1. The zero-order valence-corrected chi connectivity index (χ0v) is 19.9. The van der Waals surface area contributed by atoms with Crippen molar-refractivity contribution in [2.24, 2.45) is 0 Å². The van der Waals surface area contributed by atoms with E-state index in [0.29, 0.717) is 37.4 Å². The highest BCUT2D eigenvalue weighted by Gasteiger charge is 2.24. The van der Waals surface area contributed by atoms with Crippen molar-refractivity contribution < 1.29 is 17.9 Å². The van der Waals surface area contributed by atoms with Crippen molar-refractivity contribution in [3.63, 3.8) is 0 Å². The zero-order valence-electron chi connectivity index (χ0n) is 19.0. The minimum Gasteiger partial charge on any atom is -0.494 e. The van der Waals surface area contributed by atoms with E-state index in [1.54, 1.807) is 16.4 Å². The van der Waals surface area contributed by atoms with Gasteiger partial charge in [0.2, 0.25) is 15.9 Å². The van der Waals surface area contributed by atoms with Crippen LogP contribution in [0.1, 0.15) is 63.1 Å². The van der Waals surface area contributed by atoms with Crippen molar-refractivity contribution in [3.8, 4) is 5.75 Å². The van der Waals surface area contributed by atoms with Crippen LogP contribution in [0.4, 0.5) is 0 Å². The molecule has 1 N–H and O–H groups in total. The SMILES string of the molecule is CCOc1ccc(C(C)NC(=O)CCc2ccc(S(=O)(=O)N3CCCCCC3)cc2)cc1. The number of aryl methyl sites for hydroxylation is 1. The predicted octanol–water partition coefficient (Wildman–Crippen LogP) is 4.46. The van der Waals surface area contributed by atoms with E-state index < -0.39 is 10.0 Å². The standard InChI is InChI=1S/C25H34N2O4S/c1-3-31-23-13-11-22(12-14-23)20(2)26-25(28)17-10-21-8-15-24(16-9-21)32(29,30)27-18-6-4-5-7-19-27/h8-9,11-16,20H,3-7,10,17-19H2,1-2H3,(H,26,28). The summed E-state index contributed by atoms with van der Waals surface area (Å²) in [5.74, 6) is 0.781. The molecule has 0 saturated carbocycles. The highest BCUT2D eigenvalue weighted by atomic mass is 32.2. The van der Waals surface area contributed by atoms with Crippen molar-refractivity contribution in [1.82, 2.24) is 9.62 Å². The first-order valence-electron chi connectivity index (χ1n) is 11.5. The summed E-state index contributed by atoms with van der Waals surface area (Å²) in [7, 11) is -3.44. The first-order chi connectivity index (χ1) is 15.4. The van der Waals surface area contributed by atoms with Crippen LogP contribution < -0.4 is 10.1 Å². The van der Waals surface area contributed by atoms with Gasteiger partial charge in [0.05, 0.1) is 17.5 Å². The molecule has 3 rings (SSSR count). The Morgan fingerprint density at radius 2 is 1.62 bits per heavy atom. The molecule has 1 fully saturated rings. The Morgan fingerprint density at radius 3 is 2.22 bits per heavy atom. The molecule has 1 unspecified atom stereocenters. The molecule has 2 aromatic rings. The van der Waals surface area contributed by atoms with Crippen molar-refractivity contribution in [1.29, 1.82) is 0 Å². The second-order valence-corrected chi connectivity index (χ2v) is 10.2. The fraction of sp³-hybridized carbons (Fsp3) is 0.480. The molecule has 174 valence electrons. The van der Waals surface area contributed by atoms with Crippen LogP contribution in [-0.2, 0) is 21.2 Å². The number of nitrogens with one attached hydrogen (secondary N) is 1. The summed E-state index contributed by atoms with van der Waals surface area (Å²) in [6, 6.07) is 14.6. The largest absolute Gasteiger partial charge is 0.494 e. The molecule has 1 atom stereocenters. The van der Waals surface area contributed by atoms with Crippen LogP contribution in [0.15, 0.2) is 53.4 Å². The fourth-order valence-electron chi connectivity index (χ4n) is 3.93. The average Bonchev–Trinajstić information content (AvgIpc) is 3.09. The molecule has 0 radical (unpaired) electrons. The maximum atomic E-state index is 12.9. The van der Waals surface area contributed by atoms with Gasteiger partial charge in [-0.2, -0.15) is 4.31 Å². The van der Waals surface area contributed by atoms with E-state index in [1.807, 2.05) is 50.2 Å². The van der Waals surface area contributed by atoms with Crippen molar-refractivity contribution in [2.45, 2.75) is 63.3 Å². The Kier molecular flexibility index (Phi) is 8.70. The van der Waals surface area contributed by atoms with E-state index in [9.17, 15) is 13.2 Å². The van der Waals surface area contributed by atoms with Gasteiger partial charge >= 0.3 is 0 Å². The fourth-order valence-corrected chi connectivity index (χ4v) is 5.45. The highest BCUT2D eigenvalue weighted by Crippen LogP contribution is 2.21. The number of hydrogen-bond donors (Lipinski definition) is 1. The predicted molar refractivity (Wildman–Crippen MR) is 126 cm³/mol. The third-order valence-corrected chi connectivity index (χ3v) is 7.75. The topological polar surface area (TPSA) is 75.7 Å². The first-order valence-corrected chi connectivity index (χ1v) is 13.0. The second-order valence-electron chi connectivity index (χ2n) is 8.25. The van der Waals surface area contributed by atoms with Crippen LogP contribution in [0.3, 0.4) is 0 Å². The van der Waals surface area contributed by atoms with E-state index in [4.69, 9.17) is 4.74 Å². The molecular formula is C25H34N2O4S. The summed E-state index contributed by atoms with van der Waals surface area (Å²) in [5.41, 5.74) is 1.97. The third kappa shape index (κ3) is 6.56. The summed E-state index contributed by atoms with van der Waals surface area (Å²) in [5, 5.41) is 3.02. The maximum Gasteiger partial charge on any atom is 0.243 e. The van der Waals surface area contributed by atoms with E-state index in [2.05, 4.69) is 5.32 Å². The van der Waals surface area contributed by atoms with Crippen LogP contribution in [0.2, 0.25) is 0 Å². The van der Waals surface area contributed by atoms with Crippen LogP contribution in [0.5, 0.6) is 5.75 Å². The molecule has 32 heavy (non-hydrogen) atoms. The summed E-state index contributed by atoms with van der Waals surface area (Å²) in [6.07, 6.45) is 4.92. The van der Waals surface area contributed by atoms with E-state index >= 15 is 0 Å². The zero-order chi connectivity index (χ0) is 23.0. The van der Waals surface area contributed by atoms with Crippen LogP contribution >= 0.6 is 0 Å². The second kappa shape index (κ2) is 11.5. The number of hydrogen-bond acceptors (Lipinski definition) is 4. The quantitative estimate of drug-likeness (QED) is 0.602. The van der Waals surface area contributed by atoms with Crippen molar-refractivity contribution in [3.05, 3.63) is 59.7 Å². The monoisotopic (exact) mass is 458 g/mol. The van der Waals surface area contributed by atoms with Crippen LogP contribution in [0, 0.1) is 0 Å². The first kappa shape index (κ1) is 24.3. The van der Waals surface area contributed by atoms with Gasteiger partial charge in [0, 0.05) is 19.5 Å². The molecular weight excluding hydrogens is 424 g/mol. The molecule has 1 saturated heterocycles. The normalized spacial score (nSPS) is 16.2. The minimum atomic E-state index is -3.44. The van der Waals surface area contributed by atoms with Gasteiger partial charge in [0.15, 0.2) is 0 Å². The van der Waals surface area contributed by atoms with Crippen LogP contribution in [0.25, 0.3) is 0 Å². The van der Waals surface area contributed by atoms with E-state index in [1.165, 1.54) is 0 Å². The molecule has 1 aliphatic heterocycles. The Labute approximate surface area is 192 Å². The Bertz CT molecular complexity index is 964. The number of amides is 1. The Hall–Kier alpha value is -2.38. The average molecular weight is 459 g/mol. The summed E-state index contributed by atoms with van der Waals surface area (Å²) >= 11 is 0. The maximum absolute atomic E-state index is 12.9. The van der Waals surface area contributed by atoms with Gasteiger partial charge < -0.3 is 10.1 Å². The van der Waals surface area contributed by atoms with Crippen LogP contribution in [-0.4, -0.2) is 38.3 Å². The molecule has 1 aliphatic rings. The molecule has 7 heteroatoms. The van der Waals surface area contributed by atoms with Gasteiger partial charge in [-0.25, -0.2) is 8.42 Å². The minimum absolute atomic E-state index is 0.0346. The number of carbonyl (C=O) groups is 1. The van der Waals surface area contributed by atoms with Crippen molar-refractivity contribution >= 4 is 15.9 Å². The van der Waals surface area contributed by atoms with E-state index in [-0.39, 0.29) is 11.9 Å². The number of carbonyl (C=O) groups excluding carboxylic acids is 1. The molecule has 1 heterocycles. The molecule has 2 aromatic carbocycles. The van der Waals surface area contributed by atoms with E-state index in [0.717, 1.165) is 42.6 Å². The van der Waals surface area contributed by atoms with Gasteiger partial charge in [0.1, 0.15) is 5.75 Å². The summed E-state index contributed by atoms with van der Waals surface area (Å²) < 4.78 is 32.8. The number of nitrogens with zero attached hydrogens (tertiary/aromatic N) is 1. The molecule has 0 bridgehead atoms. The molecule has 0 aromatic heterocycles. The smallest absolute Gasteiger partial charge is 0.243 e. The molecule has 1 amide bonds. The Morgan fingerprint density at radius 1 is 1.00 bits per heavy atom. The van der Waals surface area contributed by atoms with Crippen molar-refractivity contribution in [2.75, 3.05) is 19.7 Å². The van der Waals surface area contributed by atoms with Gasteiger partial charge in [-0.3, -0.25) is 4.79 Å². The highest BCUT2D eigenvalue weighted by molar-refractivity contribution is 7.89. The van der Waals surface area contributed by atoms with Gasteiger partial charge in [-0.05, 0) is 68.5 Å². The Balaban J connectivity index is 1.51. The molecule has 6 nitrogen and oxygen atoms in total. The number of ether oxygens (including phenoxy) is 1. The molecule has 0 aliphatic carbocycles. The summed E-state index contributed by atoms with van der Waals surface area (Å²) in [6.45, 7) is 5.71. The summed E-state index contributed by atoms with van der Waals surface area (Å²) in [4.78, 5) is 12.7. The third-order valence-electron chi connectivity index (χ3n) is 5.84. The van der Waals surface area contributed by atoms with Gasteiger partial charge in [-0.1, -0.05) is 37.1 Å². The lowest BCUT2D eigenvalue weighted by atomic mass is 10.1. The lowest BCUT2D eigenvalue weighted by Crippen LogP contribution is -2.31.